The van der Waals surface area contributed by atoms with Crippen LogP contribution in [0.25, 0.3) is 11.5 Å². The molecule has 6 nitrogen and oxygen atoms in total. The van der Waals surface area contributed by atoms with Gasteiger partial charge in [-0.05, 0) is 68.7 Å². The van der Waals surface area contributed by atoms with E-state index in [1.54, 1.807) is 6.92 Å². The van der Waals surface area contributed by atoms with Crippen LogP contribution in [0.5, 0.6) is 5.75 Å². The van der Waals surface area contributed by atoms with E-state index in [-0.39, 0.29) is 11.9 Å². The summed E-state index contributed by atoms with van der Waals surface area (Å²) in [6, 6.07) is 15.5. The molecule has 1 aliphatic heterocycles. The zero-order valence-electron chi connectivity index (χ0n) is 16.1. The van der Waals surface area contributed by atoms with Gasteiger partial charge in [0.1, 0.15) is 5.75 Å². The van der Waals surface area contributed by atoms with Crippen molar-refractivity contribution in [3.8, 4) is 17.2 Å². The van der Waals surface area contributed by atoms with Crippen LogP contribution in [0.15, 0.2) is 53.1 Å². The van der Waals surface area contributed by atoms with E-state index in [1.807, 2.05) is 48.2 Å². The maximum Gasteiger partial charge on any atom is 0.257 e. The first-order valence-corrected chi connectivity index (χ1v) is 9.60. The quantitative estimate of drug-likeness (QED) is 0.658. The number of hydrogen-bond acceptors (Lipinski definition) is 5. The number of aryl methyl sites for hydroxylation is 1. The lowest BCUT2D eigenvalue weighted by Crippen LogP contribution is -2.30. The van der Waals surface area contributed by atoms with E-state index in [0.717, 1.165) is 36.3 Å². The van der Waals surface area contributed by atoms with Crippen molar-refractivity contribution < 1.29 is 14.1 Å². The summed E-state index contributed by atoms with van der Waals surface area (Å²) in [6.45, 7) is 5.16. The van der Waals surface area contributed by atoms with Crippen molar-refractivity contribution in [3.05, 3.63) is 65.5 Å². The lowest BCUT2D eigenvalue weighted by molar-refractivity contribution is 0.0735. The number of ether oxygens (including phenoxy) is 1. The molecular formula is C22H23N3O3. The SMILES string of the molecule is CCOc1ccc(C2CCCN2C(=O)c2ccc(-c3nc(C)no3)cc2)cc1. The normalized spacial score (nSPS) is 16.4. The van der Waals surface area contributed by atoms with Gasteiger partial charge in [-0.1, -0.05) is 17.3 Å². The summed E-state index contributed by atoms with van der Waals surface area (Å²) in [5, 5.41) is 3.80. The highest BCUT2D eigenvalue weighted by atomic mass is 16.5. The molecule has 4 rings (SSSR count). The third-order valence-corrected chi connectivity index (χ3v) is 5.00. The molecule has 28 heavy (non-hydrogen) atoms. The maximum absolute atomic E-state index is 13.1. The Morgan fingerprint density at radius 1 is 1.18 bits per heavy atom. The third-order valence-electron chi connectivity index (χ3n) is 5.00. The number of amides is 1. The zero-order valence-corrected chi connectivity index (χ0v) is 16.1. The Morgan fingerprint density at radius 3 is 2.57 bits per heavy atom. The molecule has 1 atom stereocenters. The predicted octanol–water partition coefficient (Wildman–Crippen LogP) is 4.42. The Hall–Kier alpha value is -3.15. The van der Waals surface area contributed by atoms with Gasteiger partial charge in [0.05, 0.1) is 12.6 Å². The molecule has 1 fully saturated rings. The van der Waals surface area contributed by atoms with Crippen LogP contribution in [-0.4, -0.2) is 34.1 Å². The molecule has 144 valence electrons. The van der Waals surface area contributed by atoms with Gasteiger partial charge in [-0.2, -0.15) is 4.98 Å². The molecule has 0 spiro atoms. The molecular weight excluding hydrogens is 354 g/mol. The second-order valence-corrected chi connectivity index (χ2v) is 6.88. The van der Waals surface area contributed by atoms with Gasteiger partial charge in [-0.25, -0.2) is 0 Å². The molecule has 1 aromatic heterocycles. The molecule has 0 aliphatic carbocycles. The molecule has 0 radical (unpaired) electrons. The first-order valence-electron chi connectivity index (χ1n) is 9.60. The van der Waals surface area contributed by atoms with E-state index >= 15 is 0 Å². The van der Waals surface area contributed by atoms with Gasteiger partial charge in [-0.15, -0.1) is 0 Å². The van der Waals surface area contributed by atoms with Crippen LogP contribution >= 0.6 is 0 Å². The summed E-state index contributed by atoms with van der Waals surface area (Å²) in [5.41, 5.74) is 2.62. The Morgan fingerprint density at radius 2 is 1.93 bits per heavy atom. The molecule has 2 heterocycles. The molecule has 0 saturated carbocycles. The summed E-state index contributed by atoms with van der Waals surface area (Å²) in [7, 11) is 0. The van der Waals surface area contributed by atoms with E-state index in [9.17, 15) is 4.79 Å². The number of nitrogens with zero attached hydrogens (tertiary/aromatic N) is 3. The van der Waals surface area contributed by atoms with Crippen molar-refractivity contribution in [1.82, 2.24) is 15.0 Å². The van der Waals surface area contributed by atoms with E-state index in [1.165, 1.54) is 0 Å². The van der Waals surface area contributed by atoms with Crippen molar-refractivity contribution in [1.29, 1.82) is 0 Å². The maximum atomic E-state index is 13.1. The zero-order chi connectivity index (χ0) is 19.5. The van der Waals surface area contributed by atoms with Crippen LogP contribution in [0.1, 0.15) is 47.6 Å². The minimum absolute atomic E-state index is 0.0460. The van der Waals surface area contributed by atoms with Crippen LogP contribution in [0.3, 0.4) is 0 Å². The van der Waals surface area contributed by atoms with Gasteiger partial charge in [0.25, 0.3) is 11.8 Å². The smallest absolute Gasteiger partial charge is 0.257 e. The first kappa shape index (κ1) is 18.2. The van der Waals surface area contributed by atoms with E-state index in [4.69, 9.17) is 9.26 Å². The Labute approximate surface area is 164 Å². The molecule has 0 N–H and O–H groups in total. The van der Waals surface area contributed by atoms with Gasteiger partial charge in [0, 0.05) is 17.7 Å². The van der Waals surface area contributed by atoms with E-state index < -0.39 is 0 Å². The van der Waals surface area contributed by atoms with Gasteiger partial charge in [0.15, 0.2) is 5.82 Å². The Bertz CT molecular complexity index is 948. The summed E-state index contributed by atoms with van der Waals surface area (Å²) < 4.78 is 10.7. The number of carbonyl (C=O) groups excluding carboxylic acids is 1. The largest absolute Gasteiger partial charge is 0.494 e. The second-order valence-electron chi connectivity index (χ2n) is 6.88. The summed E-state index contributed by atoms with van der Waals surface area (Å²) >= 11 is 0. The fourth-order valence-electron chi connectivity index (χ4n) is 3.64. The minimum Gasteiger partial charge on any atom is -0.494 e. The average molecular weight is 377 g/mol. The topological polar surface area (TPSA) is 68.5 Å². The fraction of sp³-hybridized carbons (Fsp3) is 0.318. The summed E-state index contributed by atoms with van der Waals surface area (Å²) in [5.74, 6) is 1.95. The van der Waals surface area contributed by atoms with Gasteiger partial charge < -0.3 is 14.2 Å². The lowest BCUT2D eigenvalue weighted by Gasteiger charge is -2.25. The fourth-order valence-corrected chi connectivity index (χ4v) is 3.64. The van der Waals surface area contributed by atoms with Crippen LogP contribution < -0.4 is 4.74 Å². The van der Waals surface area contributed by atoms with Gasteiger partial charge >= 0.3 is 0 Å². The first-order chi connectivity index (χ1) is 13.7. The molecule has 3 aromatic rings. The van der Waals surface area contributed by atoms with Crippen LogP contribution in [-0.2, 0) is 0 Å². The van der Waals surface area contributed by atoms with Gasteiger partial charge in [-0.3, -0.25) is 4.79 Å². The number of benzene rings is 2. The number of aromatic nitrogens is 2. The molecule has 1 aliphatic rings. The lowest BCUT2D eigenvalue weighted by atomic mass is 10.0. The van der Waals surface area contributed by atoms with Crippen molar-refractivity contribution in [3.63, 3.8) is 0 Å². The Kier molecular flexibility index (Phi) is 5.10. The van der Waals surface area contributed by atoms with E-state index in [0.29, 0.717) is 23.9 Å². The van der Waals surface area contributed by atoms with E-state index in [2.05, 4.69) is 22.3 Å². The van der Waals surface area contributed by atoms with Crippen molar-refractivity contribution >= 4 is 5.91 Å². The van der Waals surface area contributed by atoms with Crippen molar-refractivity contribution in [2.24, 2.45) is 0 Å². The molecule has 1 saturated heterocycles. The number of likely N-dealkylation sites (tertiary alicyclic amines) is 1. The highest BCUT2D eigenvalue weighted by Gasteiger charge is 2.30. The molecule has 0 bridgehead atoms. The highest BCUT2D eigenvalue weighted by molar-refractivity contribution is 5.95. The molecule has 1 unspecified atom stereocenters. The number of rotatable bonds is 5. The predicted molar refractivity (Wildman–Crippen MR) is 105 cm³/mol. The Balaban J connectivity index is 1.51. The molecule has 6 heteroatoms. The summed E-state index contributed by atoms with van der Waals surface area (Å²) in [6.07, 6.45) is 1.97. The number of hydrogen-bond donors (Lipinski definition) is 0. The standard InChI is InChI=1S/C22H23N3O3/c1-3-27-19-12-10-16(11-13-19)20-5-4-14-25(20)22(26)18-8-6-17(7-9-18)21-23-15(2)24-28-21/h6-13,20H,3-5,14H2,1-2H3. The van der Waals surface area contributed by atoms with Crippen LogP contribution in [0.4, 0.5) is 0 Å². The van der Waals surface area contributed by atoms with Crippen LogP contribution in [0.2, 0.25) is 0 Å². The van der Waals surface area contributed by atoms with Gasteiger partial charge in [0.2, 0.25) is 0 Å². The van der Waals surface area contributed by atoms with Crippen molar-refractivity contribution in [2.75, 3.05) is 13.2 Å². The van der Waals surface area contributed by atoms with Crippen LogP contribution in [0, 0.1) is 6.92 Å². The molecule has 2 aromatic carbocycles. The summed E-state index contributed by atoms with van der Waals surface area (Å²) in [4.78, 5) is 19.3. The second kappa shape index (κ2) is 7.84. The average Bonchev–Trinajstić information content (AvgIpc) is 3.38. The monoisotopic (exact) mass is 377 g/mol. The van der Waals surface area contributed by atoms with Crippen molar-refractivity contribution in [2.45, 2.75) is 32.7 Å². The minimum atomic E-state index is 0.0460. The third kappa shape index (κ3) is 3.63. The number of carbonyl (C=O) groups is 1. The highest BCUT2D eigenvalue weighted by Crippen LogP contribution is 2.34. The molecule has 1 amide bonds.